The zero-order valence-corrected chi connectivity index (χ0v) is 29.2. The van der Waals surface area contributed by atoms with Gasteiger partial charge in [0.2, 0.25) is 0 Å². The van der Waals surface area contributed by atoms with E-state index in [1.165, 1.54) is 180 Å². The number of unbranched alkanes of at least 4 members (excludes halogenated alkanes) is 20. The van der Waals surface area contributed by atoms with E-state index in [4.69, 9.17) is 9.47 Å². The Balaban J connectivity index is 1.16. The van der Waals surface area contributed by atoms with Gasteiger partial charge < -0.3 is 9.47 Å². The van der Waals surface area contributed by atoms with E-state index < -0.39 is 0 Å². The van der Waals surface area contributed by atoms with Crippen LogP contribution in [0.4, 0.5) is 0 Å². The highest BCUT2D eigenvalue weighted by molar-refractivity contribution is 4.86. The van der Waals surface area contributed by atoms with Gasteiger partial charge in [0, 0.05) is 13.2 Å². The molecule has 4 unspecified atom stereocenters. The molecule has 2 aliphatic rings. The quantitative estimate of drug-likeness (QED) is 0.0683. The van der Waals surface area contributed by atoms with Crippen molar-refractivity contribution in [1.82, 2.24) is 0 Å². The lowest BCUT2D eigenvalue weighted by molar-refractivity contribution is 0.0448. The maximum atomic E-state index is 5.79. The van der Waals surface area contributed by atoms with Crippen LogP contribution in [0.3, 0.4) is 0 Å². The van der Waals surface area contributed by atoms with Crippen LogP contribution in [-0.2, 0) is 9.47 Å². The number of ether oxygens (including phenoxy) is 2. The molecule has 0 N–H and O–H groups in total. The SMILES string of the molecule is CCCCCCCCC1CC1CCCCCCCCOCCOCCCCCCCCC1CC1CCCCCCCC. The summed E-state index contributed by atoms with van der Waals surface area (Å²) in [6, 6.07) is 0. The van der Waals surface area contributed by atoms with Crippen molar-refractivity contribution in [3.05, 3.63) is 0 Å². The molecule has 2 nitrogen and oxygen atoms in total. The van der Waals surface area contributed by atoms with E-state index in [0.29, 0.717) is 0 Å². The van der Waals surface area contributed by atoms with Crippen LogP contribution in [0.5, 0.6) is 0 Å². The van der Waals surface area contributed by atoms with Gasteiger partial charge in [-0.15, -0.1) is 0 Å². The monoisotopic (exact) mass is 591 g/mol. The zero-order valence-electron chi connectivity index (χ0n) is 29.2. The molecule has 0 spiro atoms. The number of hydrogen-bond donors (Lipinski definition) is 0. The lowest BCUT2D eigenvalue weighted by Crippen LogP contribution is -2.06. The van der Waals surface area contributed by atoms with Crippen molar-refractivity contribution in [2.45, 2.75) is 206 Å². The van der Waals surface area contributed by atoms with Gasteiger partial charge in [0.15, 0.2) is 0 Å². The van der Waals surface area contributed by atoms with Crippen molar-refractivity contribution in [3.63, 3.8) is 0 Å². The van der Waals surface area contributed by atoms with Crippen molar-refractivity contribution in [1.29, 1.82) is 0 Å². The second-order valence-electron chi connectivity index (χ2n) is 14.7. The minimum atomic E-state index is 0.780. The van der Waals surface area contributed by atoms with Crippen molar-refractivity contribution in [2.24, 2.45) is 23.7 Å². The van der Waals surface area contributed by atoms with Crippen LogP contribution >= 0.6 is 0 Å². The Morgan fingerprint density at radius 1 is 0.310 bits per heavy atom. The lowest BCUT2D eigenvalue weighted by Gasteiger charge is -2.06. The average Bonchev–Trinajstić information content (AvgIpc) is 3.93. The molecule has 2 aliphatic carbocycles. The van der Waals surface area contributed by atoms with Gasteiger partial charge in [-0.3, -0.25) is 0 Å². The van der Waals surface area contributed by atoms with Crippen molar-refractivity contribution in [2.75, 3.05) is 26.4 Å². The van der Waals surface area contributed by atoms with Crippen molar-refractivity contribution >= 4 is 0 Å². The molecule has 0 heterocycles. The van der Waals surface area contributed by atoms with Crippen molar-refractivity contribution in [3.8, 4) is 0 Å². The second-order valence-corrected chi connectivity index (χ2v) is 14.7. The van der Waals surface area contributed by atoms with Gasteiger partial charge >= 0.3 is 0 Å². The van der Waals surface area contributed by atoms with Gasteiger partial charge in [-0.25, -0.2) is 0 Å². The Morgan fingerprint density at radius 3 is 0.881 bits per heavy atom. The molecule has 2 heteroatoms. The number of rotatable bonds is 35. The van der Waals surface area contributed by atoms with Crippen LogP contribution in [0, 0.1) is 23.7 Å². The molecular formula is C40H78O2. The first-order valence-corrected chi connectivity index (χ1v) is 20.0. The minimum Gasteiger partial charge on any atom is -0.379 e. The first-order chi connectivity index (χ1) is 20.8. The molecule has 0 amide bonds. The second kappa shape index (κ2) is 28.4. The van der Waals surface area contributed by atoms with E-state index >= 15 is 0 Å². The Morgan fingerprint density at radius 2 is 0.571 bits per heavy atom. The molecule has 4 atom stereocenters. The Kier molecular flexibility index (Phi) is 25.8. The Labute approximate surface area is 265 Å². The summed E-state index contributed by atoms with van der Waals surface area (Å²) < 4.78 is 11.6. The minimum absolute atomic E-state index is 0.780. The molecule has 0 saturated heterocycles. The third-order valence-electron chi connectivity index (χ3n) is 10.6. The molecule has 2 fully saturated rings. The summed E-state index contributed by atoms with van der Waals surface area (Å²) in [6.45, 7) is 8.03. The number of hydrogen-bond acceptors (Lipinski definition) is 2. The summed E-state index contributed by atoms with van der Waals surface area (Å²) >= 11 is 0. The Bertz CT molecular complexity index is 500. The fraction of sp³-hybridized carbons (Fsp3) is 1.00. The molecular weight excluding hydrogens is 512 g/mol. The maximum Gasteiger partial charge on any atom is 0.0700 e. The molecule has 42 heavy (non-hydrogen) atoms. The molecule has 2 saturated carbocycles. The smallest absolute Gasteiger partial charge is 0.0700 e. The predicted molar refractivity (Wildman–Crippen MR) is 185 cm³/mol. The average molecular weight is 591 g/mol. The normalized spacial score (nSPS) is 21.3. The summed E-state index contributed by atoms with van der Waals surface area (Å²) in [5.41, 5.74) is 0. The molecule has 0 aromatic heterocycles. The van der Waals surface area contributed by atoms with Crippen LogP contribution in [0.2, 0.25) is 0 Å². The summed E-state index contributed by atoms with van der Waals surface area (Å²) in [5.74, 6) is 4.42. The van der Waals surface area contributed by atoms with Crippen LogP contribution < -0.4 is 0 Å². The van der Waals surface area contributed by atoms with Gasteiger partial charge in [0.05, 0.1) is 13.2 Å². The van der Waals surface area contributed by atoms with Gasteiger partial charge in [-0.1, -0.05) is 181 Å². The molecule has 0 bridgehead atoms. The van der Waals surface area contributed by atoms with Gasteiger partial charge in [-0.2, -0.15) is 0 Å². The zero-order chi connectivity index (χ0) is 29.8. The fourth-order valence-electron chi connectivity index (χ4n) is 7.37. The first-order valence-electron chi connectivity index (χ1n) is 20.0. The van der Waals surface area contributed by atoms with Gasteiger partial charge in [0.25, 0.3) is 0 Å². The Hall–Kier alpha value is -0.0800. The third kappa shape index (κ3) is 23.3. The molecule has 0 aliphatic heterocycles. The van der Waals surface area contributed by atoms with E-state index in [1.54, 1.807) is 12.8 Å². The molecule has 2 rings (SSSR count). The van der Waals surface area contributed by atoms with Crippen molar-refractivity contribution < 1.29 is 9.47 Å². The van der Waals surface area contributed by atoms with Crippen LogP contribution in [0.25, 0.3) is 0 Å². The maximum absolute atomic E-state index is 5.79. The fourth-order valence-corrected chi connectivity index (χ4v) is 7.37. The van der Waals surface area contributed by atoms with E-state index in [1.807, 2.05) is 0 Å². The van der Waals surface area contributed by atoms with Crippen LogP contribution in [0.15, 0.2) is 0 Å². The summed E-state index contributed by atoms with van der Waals surface area (Å²) in [4.78, 5) is 0. The highest BCUT2D eigenvalue weighted by atomic mass is 16.5. The first kappa shape index (κ1) is 38.1. The van der Waals surface area contributed by atoms with E-state index in [2.05, 4.69) is 13.8 Å². The topological polar surface area (TPSA) is 18.5 Å². The molecule has 0 radical (unpaired) electrons. The van der Waals surface area contributed by atoms with Crippen LogP contribution in [-0.4, -0.2) is 26.4 Å². The largest absolute Gasteiger partial charge is 0.379 e. The lowest BCUT2D eigenvalue weighted by atomic mass is 10.0. The highest BCUT2D eigenvalue weighted by Gasteiger charge is 2.35. The van der Waals surface area contributed by atoms with E-state index in [9.17, 15) is 0 Å². The van der Waals surface area contributed by atoms with Gasteiger partial charge in [-0.05, 0) is 49.4 Å². The van der Waals surface area contributed by atoms with E-state index in [0.717, 1.165) is 50.1 Å². The standard InChI is InChI=1S/C40H78O2/c1-3-5-7-9-15-21-27-37-35-39(37)29-23-17-11-13-19-25-31-41-33-34-42-32-26-20-14-12-18-24-30-40-36-38(40)28-22-16-10-8-6-4-2/h37-40H,3-36H2,1-2H3. The molecule has 0 aromatic carbocycles. The third-order valence-corrected chi connectivity index (χ3v) is 10.6. The summed E-state index contributed by atoms with van der Waals surface area (Å²) in [6.07, 6.45) is 43.3. The van der Waals surface area contributed by atoms with Gasteiger partial charge in [0.1, 0.15) is 0 Å². The summed E-state index contributed by atoms with van der Waals surface area (Å²) in [5, 5.41) is 0. The summed E-state index contributed by atoms with van der Waals surface area (Å²) in [7, 11) is 0. The molecule has 0 aromatic rings. The molecule has 250 valence electrons. The van der Waals surface area contributed by atoms with Crippen LogP contribution in [0.1, 0.15) is 206 Å². The predicted octanol–water partition coefficient (Wildman–Crippen LogP) is 13.3. The van der Waals surface area contributed by atoms with E-state index in [-0.39, 0.29) is 0 Å². The highest BCUT2D eigenvalue weighted by Crippen LogP contribution is 2.46.